The molecule has 140 valence electrons. The first-order valence-corrected chi connectivity index (χ1v) is 8.10. The standard InChI is InChI=1S/C18H28N2O5/c1-9-11(3)15(20-17(24)25-18(5,6)7)12(4)10(2)14(9)19-8-13(21)16(22)23/h13,19,21H,8H2,1-7H3,(H,20,24)(H,22,23). The second-order valence-electron chi connectivity index (χ2n) is 7.11. The highest BCUT2D eigenvalue weighted by Crippen LogP contribution is 2.34. The maximum absolute atomic E-state index is 12.1. The molecule has 0 aliphatic heterocycles. The predicted octanol–water partition coefficient (Wildman–Crippen LogP) is 3.12. The van der Waals surface area contributed by atoms with Crippen molar-refractivity contribution in [2.75, 3.05) is 17.2 Å². The van der Waals surface area contributed by atoms with Gasteiger partial charge in [-0.3, -0.25) is 5.32 Å². The van der Waals surface area contributed by atoms with Gasteiger partial charge in [0.1, 0.15) is 5.60 Å². The first-order valence-electron chi connectivity index (χ1n) is 8.10. The third-order valence-electron chi connectivity index (χ3n) is 4.01. The molecule has 0 radical (unpaired) electrons. The Morgan fingerprint density at radius 3 is 1.84 bits per heavy atom. The molecule has 0 aliphatic carbocycles. The molecule has 0 saturated carbocycles. The molecule has 1 unspecified atom stereocenters. The lowest BCUT2D eigenvalue weighted by atomic mass is 9.95. The van der Waals surface area contributed by atoms with Gasteiger partial charge in [-0.1, -0.05) is 0 Å². The van der Waals surface area contributed by atoms with Crippen molar-refractivity contribution in [1.29, 1.82) is 0 Å². The fourth-order valence-electron chi connectivity index (χ4n) is 2.46. The Bertz CT molecular complexity index is 648. The summed E-state index contributed by atoms with van der Waals surface area (Å²) in [6.45, 7) is 12.8. The van der Waals surface area contributed by atoms with Crippen molar-refractivity contribution in [2.24, 2.45) is 0 Å². The zero-order valence-corrected chi connectivity index (χ0v) is 15.9. The zero-order chi connectivity index (χ0) is 19.5. The fourth-order valence-corrected chi connectivity index (χ4v) is 2.46. The van der Waals surface area contributed by atoms with E-state index < -0.39 is 23.8 Å². The molecule has 0 fully saturated rings. The Morgan fingerprint density at radius 1 is 1.00 bits per heavy atom. The Hall–Kier alpha value is -2.28. The molecule has 0 aromatic heterocycles. The van der Waals surface area contributed by atoms with Crippen molar-refractivity contribution in [2.45, 2.75) is 60.2 Å². The summed E-state index contributed by atoms with van der Waals surface area (Å²) in [5, 5.41) is 24.0. The maximum atomic E-state index is 12.1. The molecule has 4 N–H and O–H groups in total. The molecular formula is C18H28N2O5. The molecule has 7 nitrogen and oxygen atoms in total. The number of aliphatic carboxylic acids is 1. The summed E-state index contributed by atoms with van der Waals surface area (Å²) in [4.78, 5) is 22.8. The minimum absolute atomic E-state index is 0.102. The molecule has 0 heterocycles. The SMILES string of the molecule is Cc1c(C)c(NC(=O)OC(C)(C)C)c(C)c(C)c1NCC(O)C(=O)O. The van der Waals surface area contributed by atoms with Crippen LogP contribution in [0.25, 0.3) is 0 Å². The van der Waals surface area contributed by atoms with E-state index in [0.717, 1.165) is 27.9 Å². The highest BCUT2D eigenvalue weighted by atomic mass is 16.6. The van der Waals surface area contributed by atoms with E-state index in [1.165, 1.54) is 0 Å². The van der Waals surface area contributed by atoms with Crippen LogP contribution in [0.15, 0.2) is 0 Å². The third-order valence-corrected chi connectivity index (χ3v) is 4.01. The average molecular weight is 352 g/mol. The van der Waals surface area contributed by atoms with Gasteiger partial charge in [0.25, 0.3) is 0 Å². The average Bonchev–Trinajstić information content (AvgIpc) is 2.47. The van der Waals surface area contributed by atoms with Crippen molar-refractivity contribution in [3.8, 4) is 0 Å². The normalized spacial score (nSPS) is 12.5. The van der Waals surface area contributed by atoms with E-state index in [-0.39, 0.29) is 6.54 Å². The molecule has 1 amide bonds. The first kappa shape index (κ1) is 20.8. The largest absolute Gasteiger partial charge is 0.479 e. The Labute approximate surface area is 148 Å². The predicted molar refractivity (Wildman–Crippen MR) is 97.4 cm³/mol. The lowest BCUT2D eigenvalue weighted by Crippen LogP contribution is -2.29. The Morgan fingerprint density at radius 2 is 1.44 bits per heavy atom. The number of ether oxygens (including phenoxy) is 1. The van der Waals surface area contributed by atoms with Gasteiger partial charge >= 0.3 is 12.1 Å². The smallest absolute Gasteiger partial charge is 0.412 e. The summed E-state index contributed by atoms with van der Waals surface area (Å²) in [7, 11) is 0. The number of rotatable bonds is 5. The van der Waals surface area contributed by atoms with Crippen molar-refractivity contribution < 1.29 is 24.5 Å². The van der Waals surface area contributed by atoms with E-state index in [9.17, 15) is 14.7 Å². The van der Waals surface area contributed by atoms with Crippen LogP contribution in [0.2, 0.25) is 0 Å². The minimum atomic E-state index is -1.49. The lowest BCUT2D eigenvalue weighted by Gasteiger charge is -2.24. The lowest BCUT2D eigenvalue weighted by molar-refractivity contribution is -0.145. The maximum Gasteiger partial charge on any atom is 0.412 e. The second-order valence-corrected chi connectivity index (χ2v) is 7.11. The van der Waals surface area contributed by atoms with Crippen molar-refractivity contribution in [1.82, 2.24) is 0 Å². The van der Waals surface area contributed by atoms with E-state index in [4.69, 9.17) is 9.84 Å². The van der Waals surface area contributed by atoms with Crippen LogP contribution in [-0.4, -0.2) is 40.5 Å². The van der Waals surface area contributed by atoms with Gasteiger partial charge in [-0.25, -0.2) is 9.59 Å². The molecule has 0 saturated heterocycles. The summed E-state index contributed by atoms with van der Waals surface area (Å²) < 4.78 is 5.30. The molecule has 25 heavy (non-hydrogen) atoms. The van der Waals surface area contributed by atoms with Crippen LogP contribution in [0.1, 0.15) is 43.0 Å². The number of carbonyl (C=O) groups excluding carboxylic acids is 1. The van der Waals surface area contributed by atoms with Gasteiger partial charge in [-0.05, 0) is 70.7 Å². The topological polar surface area (TPSA) is 108 Å². The number of anilines is 2. The summed E-state index contributed by atoms with van der Waals surface area (Å²) in [6, 6.07) is 0. The number of hydrogen-bond donors (Lipinski definition) is 4. The quantitative estimate of drug-likeness (QED) is 0.648. The van der Waals surface area contributed by atoms with Crippen molar-refractivity contribution >= 4 is 23.4 Å². The van der Waals surface area contributed by atoms with Gasteiger partial charge in [-0.2, -0.15) is 0 Å². The van der Waals surface area contributed by atoms with Crippen molar-refractivity contribution in [3.05, 3.63) is 22.3 Å². The van der Waals surface area contributed by atoms with Gasteiger partial charge in [0.05, 0.1) is 12.2 Å². The summed E-state index contributed by atoms with van der Waals surface area (Å²) >= 11 is 0. The number of hydrogen-bond acceptors (Lipinski definition) is 5. The third kappa shape index (κ3) is 5.35. The van der Waals surface area contributed by atoms with Crippen molar-refractivity contribution in [3.63, 3.8) is 0 Å². The number of aliphatic hydroxyl groups is 1. The first-order chi connectivity index (χ1) is 11.3. The van der Waals surface area contributed by atoms with Gasteiger partial charge < -0.3 is 20.3 Å². The van der Waals surface area contributed by atoms with Gasteiger partial charge in [0.15, 0.2) is 6.10 Å². The van der Waals surface area contributed by atoms with E-state index in [1.807, 2.05) is 27.7 Å². The van der Waals surface area contributed by atoms with Gasteiger partial charge in [0.2, 0.25) is 0 Å². The second kappa shape index (κ2) is 7.74. The monoisotopic (exact) mass is 352 g/mol. The Balaban J connectivity index is 3.12. The summed E-state index contributed by atoms with van der Waals surface area (Å²) in [5.74, 6) is -1.28. The van der Waals surface area contributed by atoms with Crippen LogP contribution in [0.4, 0.5) is 16.2 Å². The molecule has 0 bridgehead atoms. The van der Waals surface area contributed by atoms with Crippen LogP contribution in [0.5, 0.6) is 0 Å². The summed E-state index contributed by atoms with van der Waals surface area (Å²) in [5.41, 5.74) is 4.27. The number of amides is 1. The number of nitrogens with one attached hydrogen (secondary N) is 2. The molecule has 1 aromatic carbocycles. The van der Waals surface area contributed by atoms with Crippen LogP contribution >= 0.6 is 0 Å². The van der Waals surface area contributed by atoms with Crippen LogP contribution in [0, 0.1) is 27.7 Å². The number of aliphatic hydroxyl groups excluding tert-OH is 1. The minimum Gasteiger partial charge on any atom is -0.479 e. The van der Waals surface area contributed by atoms with Crippen LogP contribution in [-0.2, 0) is 9.53 Å². The molecule has 7 heteroatoms. The fraction of sp³-hybridized carbons (Fsp3) is 0.556. The van der Waals surface area contributed by atoms with E-state index in [2.05, 4.69) is 10.6 Å². The van der Waals surface area contributed by atoms with Crippen LogP contribution in [0.3, 0.4) is 0 Å². The molecule has 1 atom stereocenters. The zero-order valence-electron chi connectivity index (χ0n) is 15.9. The molecule has 1 rings (SSSR count). The molecular weight excluding hydrogens is 324 g/mol. The highest BCUT2D eigenvalue weighted by Gasteiger charge is 2.21. The molecule has 1 aromatic rings. The number of carboxylic acids is 1. The van der Waals surface area contributed by atoms with E-state index >= 15 is 0 Å². The number of carboxylic acid groups (broad SMARTS) is 1. The van der Waals surface area contributed by atoms with E-state index in [0.29, 0.717) is 5.69 Å². The molecule has 0 spiro atoms. The Kier molecular flexibility index (Phi) is 6.42. The number of carbonyl (C=O) groups is 2. The summed E-state index contributed by atoms with van der Waals surface area (Å²) in [6.07, 6.45) is -2.02. The molecule has 0 aliphatic rings. The van der Waals surface area contributed by atoms with Gasteiger partial charge in [0, 0.05) is 5.69 Å². The number of benzene rings is 1. The highest BCUT2D eigenvalue weighted by molar-refractivity contribution is 5.89. The van der Waals surface area contributed by atoms with E-state index in [1.54, 1.807) is 20.8 Å². The van der Waals surface area contributed by atoms with Crippen LogP contribution < -0.4 is 10.6 Å². The van der Waals surface area contributed by atoms with Gasteiger partial charge in [-0.15, -0.1) is 0 Å².